The first-order valence-electron chi connectivity index (χ1n) is 8.17. The smallest absolute Gasteiger partial charge is 0.227 e. The number of nitrogen functional groups attached to an aromatic ring is 1. The highest BCUT2D eigenvalue weighted by Crippen LogP contribution is 2.34. The Morgan fingerprint density at radius 2 is 1.52 bits per heavy atom. The van der Waals surface area contributed by atoms with Crippen molar-refractivity contribution in [3.63, 3.8) is 0 Å². The van der Waals surface area contributed by atoms with Gasteiger partial charge in [-0.25, -0.2) is 4.98 Å². The molecule has 1 aliphatic rings. The van der Waals surface area contributed by atoms with Gasteiger partial charge in [0.2, 0.25) is 5.95 Å². The lowest BCUT2D eigenvalue weighted by molar-refractivity contribution is 0.356. The van der Waals surface area contributed by atoms with Crippen LogP contribution in [0.4, 0.5) is 11.8 Å². The molecule has 0 radical (unpaired) electrons. The Morgan fingerprint density at radius 1 is 0.913 bits per heavy atom. The highest BCUT2D eigenvalue weighted by atomic mass is 16.5. The van der Waals surface area contributed by atoms with Crippen LogP contribution in [-0.4, -0.2) is 37.3 Å². The van der Waals surface area contributed by atoms with Gasteiger partial charge in [0.15, 0.2) is 11.5 Å². The molecule has 0 atom stereocenters. The Labute approximate surface area is 136 Å². The van der Waals surface area contributed by atoms with Crippen molar-refractivity contribution in [3.05, 3.63) is 12.1 Å². The zero-order chi connectivity index (χ0) is 16.2. The van der Waals surface area contributed by atoms with Crippen LogP contribution < -0.4 is 20.1 Å². The number of benzene rings is 1. The number of methoxy groups -OCH3 is 2. The Bertz CT molecular complexity index is 682. The summed E-state index contributed by atoms with van der Waals surface area (Å²) in [6.07, 6.45) is 6.21. The predicted molar refractivity (Wildman–Crippen MR) is 92.4 cm³/mol. The van der Waals surface area contributed by atoms with Crippen LogP contribution in [0, 0.1) is 0 Å². The van der Waals surface area contributed by atoms with Crippen LogP contribution in [0.1, 0.15) is 32.1 Å². The molecule has 1 fully saturated rings. The van der Waals surface area contributed by atoms with Gasteiger partial charge >= 0.3 is 0 Å². The second-order valence-electron chi connectivity index (χ2n) is 5.89. The molecule has 6 heteroatoms. The number of fused-ring (bicyclic) bond motifs is 1. The lowest BCUT2D eigenvalue weighted by Gasteiger charge is -2.25. The van der Waals surface area contributed by atoms with Gasteiger partial charge in [0.05, 0.1) is 19.7 Å². The minimum absolute atomic E-state index is 0.480. The molecule has 1 aromatic carbocycles. The summed E-state index contributed by atoms with van der Waals surface area (Å²) >= 11 is 0. The van der Waals surface area contributed by atoms with Crippen molar-refractivity contribution in [1.82, 2.24) is 9.97 Å². The van der Waals surface area contributed by atoms with Crippen molar-refractivity contribution >= 4 is 22.7 Å². The fourth-order valence-corrected chi connectivity index (χ4v) is 3.06. The number of ether oxygens (including phenoxy) is 2. The van der Waals surface area contributed by atoms with Gasteiger partial charge in [0.1, 0.15) is 5.82 Å². The molecular formula is C17H24N4O2. The number of hydrogen-bond donors (Lipinski definition) is 1. The van der Waals surface area contributed by atoms with Gasteiger partial charge < -0.3 is 20.1 Å². The lowest BCUT2D eigenvalue weighted by Crippen LogP contribution is -2.29. The molecule has 23 heavy (non-hydrogen) atoms. The topological polar surface area (TPSA) is 73.5 Å². The molecule has 2 aromatic rings. The summed E-state index contributed by atoms with van der Waals surface area (Å²) in [5.41, 5.74) is 6.96. The van der Waals surface area contributed by atoms with Crippen molar-refractivity contribution in [1.29, 1.82) is 0 Å². The average molecular weight is 316 g/mol. The van der Waals surface area contributed by atoms with Crippen molar-refractivity contribution in [2.75, 3.05) is 37.9 Å². The van der Waals surface area contributed by atoms with Crippen molar-refractivity contribution < 1.29 is 9.47 Å². The van der Waals surface area contributed by atoms with E-state index >= 15 is 0 Å². The number of nitrogens with two attached hydrogens (primary N) is 1. The first-order valence-corrected chi connectivity index (χ1v) is 8.17. The molecule has 0 spiro atoms. The number of rotatable bonds is 3. The summed E-state index contributed by atoms with van der Waals surface area (Å²) in [6, 6.07) is 3.69. The third-order valence-electron chi connectivity index (χ3n) is 4.36. The summed E-state index contributed by atoms with van der Waals surface area (Å²) in [7, 11) is 3.22. The summed E-state index contributed by atoms with van der Waals surface area (Å²) in [5.74, 6) is 2.48. The van der Waals surface area contributed by atoms with Gasteiger partial charge in [-0.15, -0.1) is 0 Å². The van der Waals surface area contributed by atoms with E-state index in [1.807, 2.05) is 12.1 Å². The number of hydrogen-bond acceptors (Lipinski definition) is 6. The molecular weight excluding hydrogens is 292 g/mol. The van der Waals surface area contributed by atoms with E-state index in [4.69, 9.17) is 20.2 Å². The molecule has 0 saturated carbocycles. The molecule has 3 rings (SSSR count). The molecule has 1 aliphatic heterocycles. The van der Waals surface area contributed by atoms with Gasteiger partial charge in [0, 0.05) is 24.5 Å². The summed E-state index contributed by atoms with van der Waals surface area (Å²) in [5, 5.41) is 0.790. The number of anilines is 2. The van der Waals surface area contributed by atoms with Gasteiger partial charge in [-0.2, -0.15) is 4.98 Å². The maximum atomic E-state index is 6.17. The highest BCUT2D eigenvalue weighted by Gasteiger charge is 2.16. The quantitative estimate of drug-likeness (QED) is 0.938. The van der Waals surface area contributed by atoms with Crippen molar-refractivity contribution in [2.24, 2.45) is 0 Å². The van der Waals surface area contributed by atoms with Crippen LogP contribution in [0.5, 0.6) is 11.5 Å². The number of aromatic nitrogens is 2. The molecule has 0 amide bonds. The molecule has 6 nitrogen and oxygen atoms in total. The first-order chi connectivity index (χ1) is 11.2. The predicted octanol–water partition coefficient (Wildman–Crippen LogP) is 3.00. The lowest BCUT2D eigenvalue weighted by atomic mass is 10.1. The Kier molecular flexibility index (Phi) is 4.69. The fourth-order valence-electron chi connectivity index (χ4n) is 3.06. The summed E-state index contributed by atoms with van der Waals surface area (Å²) in [6.45, 7) is 1.97. The standard InChI is InChI=1S/C17H24N4O2/c1-22-14-10-12-13(11-15(14)23-2)19-17(20-16(12)18)21-8-6-4-3-5-7-9-21/h10-11H,3-9H2,1-2H3,(H2,18,19,20). The number of nitrogens with zero attached hydrogens (tertiary/aromatic N) is 3. The van der Waals surface area contributed by atoms with E-state index in [1.165, 1.54) is 32.1 Å². The van der Waals surface area contributed by atoms with Crippen LogP contribution >= 0.6 is 0 Å². The second kappa shape index (κ2) is 6.89. The SMILES string of the molecule is COc1cc2nc(N3CCCCCCC3)nc(N)c2cc1OC. The molecule has 2 heterocycles. The van der Waals surface area contributed by atoms with Crippen LogP contribution in [-0.2, 0) is 0 Å². The molecule has 1 saturated heterocycles. The van der Waals surface area contributed by atoms with E-state index in [2.05, 4.69) is 9.88 Å². The van der Waals surface area contributed by atoms with E-state index in [9.17, 15) is 0 Å². The van der Waals surface area contributed by atoms with Gasteiger partial charge in [-0.1, -0.05) is 19.3 Å². The summed E-state index contributed by atoms with van der Waals surface area (Å²) in [4.78, 5) is 11.5. The van der Waals surface area contributed by atoms with E-state index in [0.717, 1.165) is 24.0 Å². The van der Waals surface area contributed by atoms with Gasteiger partial charge in [-0.05, 0) is 18.9 Å². The second-order valence-corrected chi connectivity index (χ2v) is 5.89. The monoisotopic (exact) mass is 316 g/mol. The normalized spacial score (nSPS) is 16.0. The molecule has 0 unspecified atom stereocenters. The van der Waals surface area contributed by atoms with Crippen LogP contribution in [0.15, 0.2) is 12.1 Å². The summed E-state index contributed by atoms with van der Waals surface area (Å²) < 4.78 is 10.7. The molecule has 1 aromatic heterocycles. The minimum atomic E-state index is 0.480. The average Bonchev–Trinajstić information content (AvgIpc) is 2.53. The molecule has 0 aliphatic carbocycles. The Hall–Kier alpha value is -2.24. The Morgan fingerprint density at radius 3 is 2.17 bits per heavy atom. The first kappa shape index (κ1) is 15.6. The third kappa shape index (κ3) is 3.25. The largest absolute Gasteiger partial charge is 0.493 e. The Balaban J connectivity index is 2.01. The van der Waals surface area contributed by atoms with E-state index in [1.54, 1.807) is 14.2 Å². The zero-order valence-corrected chi connectivity index (χ0v) is 13.8. The highest BCUT2D eigenvalue weighted by molar-refractivity contribution is 5.91. The van der Waals surface area contributed by atoms with Gasteiger partial charge in [0.25, 0.3) is 0 Å². The van der Waals surface area contributed by atoms with E-state index < -0.39 is 0 Å². The van der Waals surface area contributed by atoms with Crippen LogP contribution in [0.25, 0.3) is 10.9 Å². The van der Waals surface area contributed by atoms with E-state index in [-0.39, 0.29) is 0 Å². The molecule has 2 N–H and O–H groups in total. The van der Waals surface area contributed by atoms with Crippen LogP contribution in [0.2, 0.25) is 0 Å². The van der Waals surface area contributed by atoms with Crippen molar-refractivity contribution in [3.8, 4) is 11.5 Å². The molecule has 124 valence electrons. The zero-order valence-electron chi connectivity index (χ0n) is 13.8. The third-order valence-corrected chi connectivity index (χ3v) is 4.36. The van der Waals surface area contributed by atoms with Gasteiger partial charge in [-0.3, -0.25) is 0 Å². The fraction of sp³-hybridized carbons (Fsp3) is 0.529. The molecule has 0 bridgehead atoms. The van der Waals surface area contributed by atoms with Crippen LogP contribution in [0.3, 0.4) is 0 Å². The minimum Gasteiger partial charge on any atom is -0.493 e. The maximum Gasteiger partial charge on any atom is 0.227 e. The maximum absolute atomic E-state index is 6.17. The van der Waals surface area contributed by atoms with E-state index in [0.29, 0.717) is 23.3 Å². The van der Waals surface area contributed by atoms with Crippen molar-refractivity contribution in [2.45, 2.75) is 32.1 Å².